The molecule has 1 N–H and O–H groups in total. The standard InChI is InChI=1S/C18H18ClN3O/c19-17-4-2-1-3-13(17)11-22-8-7-16(12-22)23-15-5-6-18-14(9-15)10-20-21-18/h1-6,9-10,16H,7-8,11-12H2,(H,20,21)/t16-/m0/s1. The van der Waals surface area contributed by atoms with E-state index in [1.165, 1.54) is 5.56 Å². The Labute approximate surface area is 140 Å². The first-order valence-electron chi connectivity index (χ1n) is 7.83. The molecule has 4 nitrogen and oxygen atoms in total. The molecule has 1 saturated heterocycles. The zero-order valence-electron chi connectivity index (χ0n) is 12.7. The van der Waals surface area contributed by atoms with Crippen molar-refractivity contribution < 1.29 is 4.74 Å². The molecular formula is C18H18ClN3O. The first-order valence-corrected chi connectivity index (χ1v) is 8.21. The largest absolute Gasteiger partial charge is 0.489 e. The van der Waals surface area contributed by atoms with Crippen LogP contribution in [0, 0.1) is 0 Å². The van der Waals surface area contributed by atoms with Crippen LogP contribution in [0.2, 0.25) is 5.02 Å². The number of nitrogens with one attached hydrogen (secondary N) is 1. The highest BCUT2D eigenvalue weighted by atomic mass is 35.5. The number of ether oxygens (including phenoxy) is 1. The van der Waals surface area contributed by atoms with Crippen molar-refractivity contribution in [3.63, 3.8) is 0 Å². The van der Waals surface area contributed by atoms with Gasteiger partial charge in [-0.25, -0.2) is 0 Å². The molecule has 0 unspecified atom stereocenters. The van der Waals surface area contributed by atoms with Gasteiger partial charge in [-0.1, -0.05) is 29.8 Å². The molecule has 1 aliphatic heterocycles. The number of nitrogens with zero attached hydrogens (tertiary/aromatic N) is 2. The van der Waals surface area contributed by atoms with Crippen molar-refractivity contribution in [3.05, 3.63) is 59.2 Å². The van der Waals surface area contributed by atoms with Crippen LogP contribution in [0.1, 0.15) is 12.0 Å². The molecule has 3 aromatic rings. The Morgan fingerprint density at radius 2 is 2.17 bits per heavy atom. The van der Waals surface area contributed by atoms with Crippen molar-refractivity contribution in [1.82, 2.24) is 15.1 Å². The number of likely N-dealkylation sites (tertiary alicyclic amines) is 1. The van der Waals surface area contributed by atoms with Gasteiger partial charge in [0.05, 0.1) is 11.7 Å². The predicted molar refractivity (Wildman–Crippen MR) is 91.9 cm³/mol. The van der Waals surface area contributed by atoms with Crippen LogP contribution < -0.4 is 4.74 Å². The van der Waals surface area contributed by atoms with E-state index in [2.05, 4.69) is 21.2 Å². The van der Waals surface area contributed by atoms with Gasteiger partial charge in [-0.05, 0) is 36.2 Å². The molecule has 0 bridgehead atoms. The van der Waals surface area contributed by atoms with Crippen LogP contribution in [0.25, 0.3) is 10.9 Å². The fraction of sp³-hybridized carbons (Fsp3) is 0.278. The minimum absolute atomic E-state index is 0.224. The topological polar surface area (TPSA) is 41.1 Å². The molecule has 1 fully saturated rings. The highest BCUT2D eigenvalue weighted by molar-refractivity contribution is 6.31. The predicted octanol–water partition coefficient (Wildman–Crippen LogP) is 3.87. The number of rotatable bonds is 4. The number of benzene rings is 2. The quantitative estimate of drug-likeness (QED) is 0.791. The molecule has 4 rings (SSSR count). The lowest BCUT2D eigenvalue weighted by atomic mass is 10.2. The van der Waals surface area contributed by atoms with Crippen molar-refractivity contribution in [2.75, 3.05) is 13.1 Å². The summed E-state index contributed by atoms with van der Waals surface area (Å²) in [4.78, 5) is 2.39. The van der Waals surface area contributed by atoms with Gasteiger partial charge < -0.3 is 4.74 Å². The molecule has 0 aliphatic carbocycles. The van der Waals surface area contributed by atoms with Gasteiger partial charge >= 0.3 is 0 Å². The Morgan fingerprint density at radius 3 is 3.09 bits per heavy atom. The van der Waals surface area contributed by atoms with E-state index in [4.69, 9.17) is 16.3 Å². The third-order valence-corrected chi connectivity index (χ3v) is 4.66. The van der Waals surface area contributed by atoms with Gasteiger partial charge in [-0.15, -0.1) is 0 Å². The maximum absolute atomic E-state index is 6.25. The summed E-state index contributed by atoms with van der Waals surface area (Å²) in [6.45, 7) is 2.83. The lowest BCUT2D eigenvalue weighted by molar-refractivity contribution is 0.198. The number of aromatic amines is 1. The Morgan fingerprint density at radius 1 is 1.26 bits per heavy atom. The summed E-state index contributed by atoms with van der Waals surface area (Å²) in [5.74, 6) is 0.906. The second-order valence-corrected chi connectivity index (χ2v) is 6.38. The maximum atomic E-state index is 6.25. The van der Waals surface area contributed by atoms with Crippen LogP contribution >= 0.6 is 11.6 Å². The second-order valence-electron chi connectivity index (χ2n) is 5.97. The zero-order chi connectivity index (χ0) is 15.6. The first kappa shape index (κ1) is 14.5. The monoisotopic (exact) mass is 327 g/mol. The van der Waals surface area contributed by atoms with E-state index in [9.17, 15) is 0 Å². The summed E-state index contributed by atoms with van der Waals surface area (Å²) < 4.78 is 6.13. The fourth-order valence-corrected chi connectivity index (χ4v) is 3.29. The molecule has 2 heterocycles. The van der Waals surface area contributed by atoms with Crippen molar-refractivity contribution in [3.8, 4) is 5.75 Å². The van der Waals surface area contributed by atoms with Crippen LogP contribution in [0.15, 0.2) is 48.7 Å². The molecular weight excluding hydrogens is 310 g/mol. The van der Waals surface area contributed by atoms with E-state index in [-0.39, 0.29) is 6.10 Å². The molecule has 1 aromatic heterocycles. The van der Waals surface area contributed by atoms with Gasteiger partial charge in [0.1, 0.15) is 11.9 Å². The molecule has 2 aromatic carbocycles. The lowest BCUT2D eigenvalue weighted by Crippen LogP contribution is -2.24. The van der Waals surface area contributed by atoms with E-state index in [0.717, 1.165) is 47.7 Å². The summed E-state index contributed by atoms with van der Waals surface area (Å²) in [6.07, 6.45) is 3.08. The highest BCUT2D eigenvalue weighted by Crippen LogP contribution is 2.24. The Balaban J connectivity index is 1.39. The smallest absolute Gasteiger partial charge is 0.120 e. The molecule has 0 saturated carbocycles. The summed E-state index contributed by atoms with van der Waals surface area (Å²) in [6, 6.07) is 14.1. The van der Waals surface area contributed by atoms with Crippen molar-refractivity contribution in [2.24, 2.45) is 0 Å². The Hall–Kier alpha value is -2.04. The molecule has 1 atom stereocenters. The number of hydrogen-bond acceptors (Lipinski definition) is 3. The maximum Gasteiger partial charge on any atom is 0.120 e. The summed E-state index contributed by atoms with van der Waals surface area (Å²) in [5.41, 5.74) is 2.21. The van der Waals surface area contributed by atoms with E-state index in [1.54, 1.807) is 0 Å². The van der Waals surface area contributed by atoms with Crippen LogP contribution in [-0.2, 0) is 6.54 Å². The highest BCUT2D eigenvalue weighted by Gasteiger charge is 2.24. The average molecular weight is 328 g/mol. The molecule has 23 heavy (non-hydrogen) atoms. The van der Waals surface area contributed by atoms with Gasteiger partial charge in [0.15, 0.2) is 0 Å². The normalized spacial score (nSPS) is 18.6. The van der Waals surface area contributed by atoms with E-state index in [0.29, 0.717) is 0 Å². The summed E-state index contributed by atoms with van der Waals surface area (Å²) >= 11 is 6.25. The van der Waals surface area contributed by atoms with Gasteiger partial charge in [-0.3, -0.25) is 10.00 Å². The summed E-state index contributed by atoms with van der Waals surface area (Å²) in [7, 11) is 0. The zero-order valence-corrected chi connectivity index (χ0v) is 13.5. The number of hydrogen-bond donors (Lipinski definition) is 1. The minimum atomic E-state index is 0.224. The van der Waals surface area contributed by atoms with Gasteiger partial charge in [-0.2, -0.15) is 5.10 Å². The van der Waals surface area contributed by atoms with E-state index >= 15 is 0 Å². The van der Waals surface area contributed by atoms with Crippen LogP contribution in [0.5, 0.6) is 5.75 Å². The Bertz CT molecular complexity index is 817. The Kier molecular flexibility index (Phi) is 3.93. The number of fused-ring (bicyclic) bond motifs is 1. The minimum Gasteiger partial charge on any atom is -0.489 e. The molecule has 118 valence electrons. The van der Waals surface area contributed by atoms with Crippen molar-refractivity contribution in [2.45, 2.75) is 19.1 Å². The number of halogens is 1. The SMILES string of the molecule is Clc1ccccc1CN1CC[C@H](Oc2ccc3[nH]ncc3c2)C1. The number of H-pyrrole nitrogens is 1. The van der Waals surface area contributed by atoms with Crippen LogP contribution in [0.3, 0.4) is 0 Å². The van der Waals surface area contributed by atoms with Gasteiger partial charge in [0.2, 0.25) is 0 Å². The molecule has 1 aliphatic rings. The number of aromatic nitrogens is 2. The van der Waals surface area contributed by atoms with Crippen LogP contribution in [-0.4, -0.2) is 34.3 Å². The van der Waals surface area contributed by atoms with Crippen molar-refractivity contribution in [1.29, 1.82) is 0 Å². The van der Waals surface area contributed by atoms with Crippen molar-refractivity contribution >= 4 is 22.5 Å². The fourth-order valence-electron chi connectivity index (χ4n) is 3.09. The van der Waals surface area contributed by atoms with Gasteiger partial charge in [0, 0.05) is 30.0 Å². The van der Waals surface area contributed by atoms with Crippen LogP contribution in [0.4, 0.5) is 0 Å². The van der Waals surface area contributed by atoms with E-state index < -0.39 is 0 Å². The lowest BCUT2D eigenvalue weighted by Gasteiger charge is -2.17. The molecule has 0 amide bonds. The first-order chi connectivity index (χ1) is 11.3. The molecule has 5 heteroatoms. The van der Waals surface area contributed by atoms with E-state index in [1.807, 2.05) is 42.6 Å². The molecule has 0 radical (unpaired) electrons. The molecule has 0 spiro atoms. The summed E-state index contributed by atoms with van der Waals surface area (Å²) in [5, 5.41) is 8.91. The second kappa shape index (κ2) is 6.22. The third-order valence-electron chi connectivity index (χ3n) is 4.30. The van der Waals surface area contributed by atoms with Gasteiger partial charge in [0.25, 0.3) is 0 Å². The average Bonchev–Trinajstić information content (AvgIpc) is 3.18. The third kappa shape index (κ3) is 3.19.